The van der Waals surface area contributed by atoms with E-state index in [2.05, 4.69) is 64.8 Å². The summed E-state index contributed by atoms with van der Waals surface area (Å²) in [4.78, 5) is 2.42. The first-order chi connectivity index (χ1) is 13.3. The van der Waals surface area contributed by atoms with Crippen molar-refractivity contribution in [3.63, 3.8) is 0 Å². The zero-order valence-corrected chi connectivity index (χ0v) is 15.2. The monoisotopic (exact) mass is 355 g/mol. The van der Waals surface area contributed by atoms with Gasteiger partial charge in [-0.15, -0.1) is 0 Å². The first-order valence-electron chi connectivity index (χ1n) is 9.24. The predicted octanol–water partition coefficient (Wildman–Crippen LogP) is 3.72. The van der Waals surface area contributed by atoms with E-state index < -0.39 is 0 Å². The molecular formula is C23H21N3O. The normalized spacial score (nSPS) is 14.5. The van der Waals surface area contributed by atoms with Crippen LogP contribution in [0.4, 0.5) is 5.69 Å². The number of hydrogen-bond donors (Lipinski definition) is 1. The molecule has 0 amide bonds. The molecule has 0 bridgehead atoms. The van der Waals surface area contributed by atoms with Crippen LogP contribution in [0, 0.1) is 23.5 Å². The summed E-state index contributed by atoms with van der Waals surface area (Å²) in [6.45, 7) is 5.65. The summed E-state index contributed by atoms with van der Waals surface area (Å²) in [7, 11) is 0. The maximum absolute atomic E-state index is 9.29. The van der Waals surface area contributed by atoms with Crippen LogP contribution in [-0.4, -0.2) is 44.3 Å². The Hall–Kier alpha value is -3.05. The Morgan fingerprint density at radius 2 is 1.89 bits per heavy atom. The molecule has 0 spiro atoms. The van der Waals surface area contributed by atoms with Crippen molar-refractivity contribution in [1.29, 1.82) is 5.26 Å². The largest absolute Gasteiger partial charge is 0.384 e. The highest BCUT2D eigenvalue weighted by Crippen LogP contribution is 2.27. The number of fused-ring (bicyclic) bond motifs is 1. The predicted molar refractivity (Wildman–Crippen MR) is 108 cm³/mol. The highest BCUT2D eigenvalue weighted by atomic mass is 16.5. The molecule has 0 aromatic heterocycles. The number of nitrogens with one attached hydrogen (secondary N) is 1. The van der Waals surface area contributed by atoms with Crippen molar-refractivity contribution in [3.8, 4) is 17.2 Å². The molecule has 1 N–H and O–H groups in total. The van der Waals surface area contributed by atoms with Gasteiger partial charge in [0.05, 0.1) is 13.2 Å². The average Bonchev–Trinajstić information content (AvgIpc) is 2.74. The summed E-state index contributed by atoms with van der Waals surface area (Å²) in [5.74, 6) is 0. The molecule has 27 heavy (non-hydrogen) atoms. The Morgan fingerprint density at radius 1 is 1.07 bits per heavy atom. The number of rotatable bonds is 5. The van der Waals surface area contributed by atoms with Crippen molar-refractivity contribution in [2.45, 2.75) is 0 Å². The average molecular weight is 355 g/mol. The van der Waals surface area contributed by atoms with Crippen molar-refractivity contribution in [2.75, 3.05) is 44.7 Å². The molecule has 1 saturated heterocycles. The van der Waals surface area contributed by atoms with Gasteiger partial charge in [-0.3, -0.25) is 4.90 Å². The molecule has 1 aliphatic rings. The van der Waals surface area contributed by atoms with Gasteiger partial charge in [0.1, 0.15) is 11.6 Å². The van der Waals surface area contributed by atoms with E-state index in [9.17, 15) is 5.26 Å². The van der Waals surface area contributed by atoms with E-state index in [1.807, 2.05) is 6.07 Å². The van der Waals surface area contributed by atoms with Crippen LogP contribution in [0.5, 0.6) is 0 Å². The molecular weight excluding hydrogens is 334 g/mol. The lowest BCUT2D eigenvalue weighted by atomic mass is 9.98. The third kappa shape index (κ3) is 4.04. The lowest BCUT2D eigenvalue weighted by molar-refractivity contribution is 0.0398. The van der Waals surface area contributed by atoms with Crippen molar-refractivity contribution in [2.24, 2.45) is 0 Å². The molecule has 0 unspecified atom stereocenters. The van der Waals surface area contributed by atoms with Crippen LogP contribution in [0.15, 0.2) is 48.5 Å². The van der Waals surface area contributed by atoms with Crippen molar-refractivity contribution in [1.82, 2.24) is 4.90 Å². The quantitative estimate of drug-likeness (QED) is 0.758. The third-order valence-corrected chi connectivity index (χ3v) is 4.92. The van der Waals surface area contributed by atoms with E-state index in [1.54, 1.807) is 6.07 Å². The minimum Gasteiger partial charge on any atom is -0.384 e. The second kappa shape index (κ2) is 8.10. The van der Waals surface area contributed by atoms with Gasteiger partial charge in [0.25, 0.3) is 0 Å². The van der Waals surface area contributed by atoms with Crippen LogP contribution in [0.2, 0.25) is 0 Å². The second-order valence-electron chi connectivity index (χ2n) is 6.66. The smallest absolute Gasteiger partial charge is 0.110 e. The second-order valence-corrected chi connectivity index (χ2v) is 6.66. The van der Waals surface area contributed by atoms with Crippen LogP contribution in [0.3, 0.4) is 0 Å². The first-order valence-corrected chi connectivity index (χ1v) is 9.24. The molecule has 3 aromatic rings. The third-order valence-electron chi connectivity index (χ3n) is 4.92. The molecule has 134 valence electrons. The minimum absolute atomic E-state index is 0.526. The highest BCUT2D eigenvalue weighted by molar-refractivity contribution is 5.90. The summed E-state index contributed by atoms with van der Waals surface area (Å²) in [6.07, 6.45) is 0. The van der Waals surface area contributed by atoms with E-state index in [0.717, 1.165) is 61.6 Å². The van der Waals surface area contributed by atoms with Gasteiger partial charge in [-0.05, 0) is 46.7 Å². The summed E-state index contributed by atoms with van der Waals surface area (Å²) < 4.78 is 5.39. The van der Waals surface area contributed by atoms with E-state index in [0.29, 0.717) is 5.56 Å². The molecule has 4 nitrogen and oxygen atoms in total. The number of ether oxygens (including phenoxy) is 1. The molecule has 1 fully saturated rings. The first kappa shape index (κ1) is 17.4. The summed E-state index contributed by atoms with van der Waals surface area (Å²) in [6, 6.07) is 24.3. The van der Waals surface area contributed by atoms with Crippen molar-refractivity contribution in [3.05, 3.63) is 66.2 Å². The molecule has 1 heterocycles. The topological polar surface area (TPSA) is 48.3 Å². The standard InChI is InChI=1S/C23H21N3O/c24-17-21-3-1-2-4-23(21)20-6-5-19-16-22(8-7-18(19)15-20)25-9-10-26-11-13-27-14-12-26/h2,4-8,15-16,25H,9-14H2. The van der Waals surface area contributed by atoms with Crippen LogP contribution >= 0.6 is 0 Å². The van der Waals surface area contributed by atoms with Crippen LogP contribution in [0.1, 0.15) is 5.56 Å². The molecule has 0 radical (unpaired) electrons. The summed E-state index contributed by atoms with van der Waals surface area (Å²) in [5, 5.41) is 15.1. The Bertz CT molecular complexity index is 971. The summed E-state index contributed by atoms with van der Waals surface area (Å²) in [5.41, 5.74) is 3.57. The molecule has 3 aromatic carbocycles. The Morgan fingerprint density at radius 3 is 2.74 bits per heavy atom. The maximum atomic E-state index is 9.29. The molecule has 4 rings (SSSR count). The molecule has 0 saturated carbocycles. The fraction of sp³-hybridized carbons (Fsp3) is 0.261. The lowest BCUT2D eigenvalue weighted by Crippen LogP contribution is -2.38. The van der Waals surface area contributed by atoms with Crippen molar-refractivity contribution < 1.29 is 4.74 Å². The number of morpholine rings is 1. The van der Waals surface area contributed by atoms with Gasteiger partial charge in [-0.25, -0.2) is 0 Å². The van der Waals surface area contributed by atoms with Gasteiger partial charge in [0.15, 0.2) is 0 Å². The molecule has 0 aliphatic carbocycles. The SMILES string of the molecule is N#Cc1c#cccc1-c1ccc2cc(NCCN3CCOCC3)ccc2c1. The minimum atomic E-state index is 0.526. The van der Waals surface area contributed by atoms with Gasteiger partial charge in [-0.2, -0.15) is 5.26 Å². The van der Waals surface area contributed by atoms with Gasteiger partial charge in [0, 0.05) is 37.4 Å². The number of hydrogen-bond acceptors (Lipinski definition) is 4. The number of anilines is 1. The van der Waals surface area contributed by atoms with E-state index in [4.69, 9.17) is 4.74 Å². The van der Waals surface area contributed by atoms with Gasteiger partial charge in [-0.1, -0.05) is 30.3 Å². The van der Waals surface area contributed by atoms with E-state index in [1.165, 1.54) is 5.39 Å². The Labute approximate surface area is 160 Å². The van der Waals surface area contributed by atoms with Gasteiger partial charge < -0.3 is 10.1 Å². The summed E-state index contributed by atoms with van der Waals surface area (Å²) >= 11 is 0. The zero-order chi connectivity index (χ0) is 18.5. The maximum Gasteiger partial charge on any atom is 0.110 e. The molecule has 1 aliphatic heterocycles. The Kier molecular flexibility index (Phi) is 5.21. The molecule has 4 heteroatoms. The van der Waals surface area contributed by atoms with E-state index >= 15 is 0 Å². The van der Waals surface area contributed by atoms with Crippen LogP contribution < -0.4 is 5.32 Å². The number of nitrogens with zero attached hydrogens (tertiary/aromatic N) is 2. The fourth-order valence-electron chi connectivity index (χ4n) is 3.42. The van der Waals surface area contributed by atoms with Crippen LogP contribution in [0.25, 0.3) is 21.9 Å². The van der Waals surface area contributed by atoms with Crippen LogP contribution in [-0.2, 0) is 4.74 Å². The fourth-order valence-corrected chi connectivity index (χ4v) is 3.42. The van der Waals surface area contributed by atoms with Gasteiger partial charge >= 0.3 is 0 Å². The molecule has 0 atom stereocenters. The van der Waals surface area contributed by atoms with Crippen molar-refractivity contribution >= 4 is 16.5 Å². The van der Waals surface area contributed by atoms with E-state index in [-0.39, 0.29) is 0 Å². The number of benzene rings is 2. The lowest BCUT2D eigenvalue weighted by Gasteiger charge is -2.26. The Balaban J connectivity index is 1.48. The van der Waals surface area contributed by atoms with Gasteiger partial charge in [0.2, 0.25) is 0 Å². The zero-order valence-electron chi connectivity index (χ0n) is 15.2. The number of nitriles is 1. The highest BCUT2D eigenvalue weighted by Gasteiger charge is 2.09.